The lowest BCUT2D eigenvalue weighted by molar-refractivity contribution is 0.243. The summed E-state index contributed by atoms with van der Waals surface area (Å²) in [5.74, 6) is 0. The molecule has 0 spiro atoms. The molecule has 0 atom stereocenters. The molecule has 0 aliphatic rings. The molecule has 0 bridgehead atoms. The molecule has 120 valence electrons. The lowest BCUT2D eigenvalue weighted by Gasteiger charge is -2.23. The van der Waals surface area contributed by atoms with Gasteiger partial charge in [0.05, 0.1) is 5.69 Å². The molecule has 1 aromatic rings. The van der Waals surface area contributed by atoms with Gasteiger partial charge in [0, 0.05) is 25.8 Å². The van der Waals surface area contributed by atoms with E-state index in [1.165, 1.54) is 19.5 Å². The summed E-state index contributed by atoms with van der Waals surface area (Å²) in [7, 11) is 0. The smallest absolute Gasteiger partial charge is 0.0541 e. The number of nitrogens with zero attached hydrogens (tertiary/aromatic N) is 3. The van der Waals surface area contributed by atoms with Crippen LogP contribution in [0.2, 0.25) is 0 Å². The molecule has 0 saturated carbocycles. The van der Waals surface area contributed by atoms with Crippen molar-refractivity contribution in [1.29, 1.82) is 0 Å². The van der Waals surface area contributed by atoms with E-state index in [1.54, 1.807) is 0 Å². The van der Waals surface area contributed by atoms with E-state index in [1.807, 2.05) is 18.3 Å². The molecule has 1 rings (SSSR count). The monoisotopic (exact) mass is 292 g/mol. The van der Waals surface area contributed by atoms with E-state index in [4.69, 9.17) is 0 Å². The minimum absolute atomic E-state index is 0.859. The third kappa shape index (κ3) is 8.15. The van der Waals surface area contributed by atoms with Gasteiger partial charge in [-0.1, -0.05) is 26.8 Å². The van der Waals surface area contributed by atoms with Crippen molar-refractivity contribution in [3.05, 3.63) is 30.1 Å². The van der Waals surface area contributed by atoms with Crippen LogP contribution in [0.15, 0.2) is 24.4 Å². The lowest BCUT2D eigenvalue weighted by atomic mass is 10.3. The van der Waals surface area contributed by atoms with Gasteiger partial charge < -0.3 is 15.1 Å². The van der Waals surface area contributed by atoms with Crippen LogP contribution in [0, 0.1) is 0 Å². The molecule has 0 fully saturated rings. The van der Waals surface area contributed by atoms with E-state index in [0.717, 1.165) is 45.0 Å². The van der Waals surface area contributed by atoms with Crippen LogP contribution in [0.4, 0.5) is 0 Å². The molecule has 0 aliphatic heterocycles. The molecule has 1 heterocycles. The standard InChI is InChI=1S/C17H32N4/c1-4-20(5-2)13-9-14-21(6-3)15-12-18-16-17-10-7-8-11-19-17/h7-8,10-11,18H,4-6,9,12-16H2,1-3H3. The summed E-state index contributed by atoms with van der Waals surface area (Å²) in [4.78, 5) is 9.34. The Morgan fingerprint density at radius 1 is 0.952 bits per heavy atom. The molecule has 21 heavy (non-hydrogen) atoms. The predicted molar refractivity (Wildman–Crippen MR) is 90.5 cm³/mol. The summed E-state index contributed by atoms with van der Waals surface area (Å²) in [6.45, 7) is 15.6. The molecule has 4 heteroatoms. The maximum Gasteiger partial charge on any atom is 0.0541 e. The summed E-state index contributed by atoms with van der Waals surface area (Å²) in [6, 6.07) is 6.06. The van der Waals surface area contributed by atoms with E-state index >= 15 is 0 Å². The van der Waals surface area contributed by atoms with Crippen LogP contribution >= 0.6 is 0 Å². The molecular formula is C17H32N4. The Labute approximate surface area is 130 Å². The van der Waals surface area contributed by atoms with Crippen molar-refractivity contribution in [3.8, 4) is 0 Å². The molecule has 1 aromatic heterocycles. The Kier molecular flexibility index (Phi) is 10.0. The summed E-state index contributed by atoms with van der Waals surface area (Å²) in [5.41, 5.74) is 1.11. The second kappa shape index (κ2) is 11.7. The molecule has 0 radical (unpaired) electrons. The maximum atomic E-state index is 4.32. The Hall–Kier alpha value is -0.970. The molecule has 0 aliphatic carbocycles. The fourth-order valence-electron chi connectivity index (χ4n) is 2.44. The zero-order valence-corrected chi connectivity index (χ0v) is 14.0. The van der Waals surface area contributed by atoms with Gasteiger partial charge in [-0.25, -0.2) is 0 Å². The zero-order chi connectivity index (χ0) is 15.3. The van der Waals surface area contributed by atoms with E-state index in [2.05, 4.69) is 46.9 Å². The van der Waals surface area contributed by atoms with Crippen molar-refractivity contribution in [3.63, 3.8) is 0 Å². The van der Waals surface area contributed by atoms with Crippen LogP contribution in [-0.2, 0) is 6.54 Å². The van der Waals surface area contributed by atoms with E-state index in [0.29, 0.717) is 0 Å². The quantitative estimate of drug-likeness (QED) is 0.599. The van der Waals surface area contributed by atoms with Gasteiger partial charge in [0.2, 0.25) is 0 Å². The second-order valence-electron chi connectivity index (χ2n) is 5.31. The van der Waals surface area contributed by atoms with Crippen LogP contribution in [0.25, 0.3) is 0 Å². The van der Waals surface area contributed by atoms with Gasteiger partial charge in [-0.2, -0.15) is 0 Å². The van der Waals surface area contributed by atoms with Gasteiger partial charge in [0.15, 0.2) is 0 Å². The summed E-state index contributed by atoms with van der Waals surface area (Å²) >= 11 is 0. The minimum atomic E-state index is 0.859. The Morgan fingerprint density at radius 3 is 2.29 bits per heavy atom. The van der Waals surface area contributed by atoms with Crippen LogP contribution in [-0.4, -0.2) is 60.6 Å². The Morgan fingerprint density at radius 2 is 1.67 bits per heavy atom. The first kappa shape index (κ1) is 18.1. The number of rotatable bonds is 12. The van der Waals surface area contributed by atoms with Gasteiger partial charge in [0.1, 0.15) is 0 Å². The number of nitrogens with one attached hydrogen (secondary N) is 1. The first-order valence-electron chi connectivity index (χ1n) is 8.35. The van der Waals surface area contributed by atoms with Gasteiger partial charge in [-0.3, -0.25) is 4.98 Å². The van der Waals surface area contributed by atoms with Gasteiger partial charge in [-0.15, -0.1) is 0 Å². The number of hydrogen-bond acceptors (Lipinski definition) is 4. The first-order valence-corrected chi connectivity index (χ1v) is 8.35. The molecule has 0 saturated heterocycles. The molecule has 1 N–H and O–H groups in total. The lowest BCUT2D eigenvalue weighted by Crippen LogP contribution is -2.34. The van der Waals surface area contributed by atoms with Gasteiger partial charge in [0.25, 0.3) is 0 Å². The zero-order valence-electron chi connectivity index (χ0n) is 14.0. The van der Waals surface area contributed by atoms with Crippen LogP contribution in [0.3, 0.4) is 0 Å². The fourth-order valence-corrected chi connectivity index (χ4v) is 2.44. The fraction of sp³-hybridized carbons (Fsp3) is 0.706. The maximum absolute atomic E-state index is 4.32. The number of pyridine rings is 1. The molecule has 0 aromatic carbocycles. The number of likely N-dealkylation sites (N-methyl/N-ethyl adjacent to an activating group) is 1. The molecule has 4 nitrogen and oxygen atoms in total. The highest BCUT2D eigenvalue weighted by Gasteiger charge is 2.04. The highest BCUT2D eigenvalue weighted by Crippen LogP contribution is 1.96. The van der Waals surface area contributed by atoms with Crippen molar-refractivity contribution in [2.75, 3.05) is 45.8 Å². The number of aromatic nitrogens is 1. The molecule has 0 unspecified atom stereocenters. The highest BCUT2D eigenvalue weighted by atomic mass is 15.1. The van der Waals surface area contributed by atoms with Crippen LogP contribution in [0.1, 0.15) is 32.9 Å². The van der Waals surface area contributed by atoms with Crippen molar-refractivity contribution < 1.29 is 0 Å². The van der Waals surface area contributed by atoms with Gasteiger partial charge in [-0.05, 0) is 51.3 Å². The summed E-state index contributed by atoms with van der Waals surface area (Å²) in [5, 5.41) is 3.47. The Bertz CT molecular complexity index is 338. The third-order valence-corrected chi connectivity index (χ3v) is 3.93. The van der Waals surface area contributed by atoms with Gasteiger partial charge >= 0.3 is 0 Å². The van der Waals surface area contributed by atoms with Crippen molar-refractivity contribution in [2.24, 2.45) is 0 Å². The Balaban J connectivity index is 2.10. The minimum Gasteiger partial charge on any atom is -0.310 e. The second-order valence-corrected chi connectivity index (χ2v) is 5.31. The van der Waals surface area contributed by atoms with E-state index in [-0.39, 0.29) is 0 Å². The normalized spacial score (nSPS) is 11.5. The summed E-state index contributed by atoms with van der Waals surface area (Å²) < 4.78 is 0. The van der Waals surface area contributed by atoms with Crippen molar-refractivity contribution in [1.82, 2.24) is 20.1 Å². The average molecular weight is 292 g/mol. The first-order chi connectivity index (χ1) is 10.3. The molecule has 0 amide bonds. The predicted octanol–water partition coefficient (Wildman–Crippen LogP) is 2.22. The number of hydrogen-bond donors (Lipinski definition) is 1. The SMILES string of the molecule is CCN(CC)CCCN(CC)CCNCc1ccccn1. The topological polar surface area (TPSA) is 31.4 Å². The van der Waals surface area contributed by atoms with Crippen LogP contribution < -0.4 is 5.32 Å². The third-order valence-electron chi connectivity index (χ3n) is 3.93. The van der Waals surface area contributed by atoms with Crippen molar-refractivity contribution in [2.45, 2.75) is 33.7 Å². The van der Waals surface area contributed by atoms with Crippen LogP contribution in [0.5, 0.6) is 0 Å². The van der Waals surface area contributed by atoms with E-state index < -0.39 is 0 Å². The summed E-state index contributed by atoms with van der Waals surface area (Å²) in [6.07, 6.45) is 3.11. The average Bonchev–Trinajstić information content (AvgIpc) is 2.54. The largest absolute Gasteiger partial charge is 0.310 e. The molecular weight excluding hydrogens is 260 g/mol. The van der Waals surface area contributed by atoms with E-state index in [9.17, 15) is 0 Å². The van der Waals surface area contributed by atoms with Crippen molar-refractivity contribution >= 4 is 0 Å². The highest BCUT2D eigenvalue weighted by molar-refractivity contribution is 5.02.